The van der Waals surface area contributed by atoms with E-state index in [4.69, 9.17) is 4.74 Å². The lowest BCUT2D eigenvalue weighted by Crippen LogP contribution is -2.47. The van der Waals surface area contributed by atoms with E-state index in [0.29, 0.717) is 6.42 Å². The number of cyclic esters (lactones) is 1. The molecule has 0 amide bonds. The van der Waals surface area contributed by atoms with Crippen LogP contribution in [0.25, 0.3) is 0 Å². The van der Waals surface area contributed by atoms with Crippen molar-refractivity contribution < 1.29 is 30.0 Å². The molecule has 0 saturated carbocycles. The molecule has 0 bridgehead atoms. The number of aliphatic hydroxyl groups is 4. The molecule has 0 aromatic heterocycles. The maximum absolute atomic E-state index is 12.3. The van der Waals surface area contributed by atoms with Gasteiger partial charge in [0.2, 0.25) is 0 Å². The van der Waals surface area contributed by atoms with E-state index < -0.39 is 41.9 Å². The van der Waals surface area contributed by atoms with Gasteiger partial charge in [0.05, 0.1) is 29.8 Å². The molecule has 1 aliphatic rings. The van der Waals surface area contributed by atoms with E-state index in [2.05, 4.69) is 0 Å². The highest BCUT2D eigenvalue weighted by Gasteiger charge is 2.42. The Hall–Kier alpha value is -0.950. The topological polar surface area (TPSA) is 107 Å². The third-order valence-electron chi connectivity index (χ3n) is 4.05. The first-order valence-corrected chi connectivity index (χ1v) is 7.80. The second kappa shape index (κ2) is 8.06. The molecule has 1 heterocycles. The van der Waals surface area contributed by atoms with Crippen LogP contribution in [0, 0.1) is 5.41 Å². The van der Waals surface area contributed by atoms with Gasteiger partial charge >= 0.3 is 5.97 Å². The smallest absolute Gasteiger partial charge is 0.314 e. The number of esters is 1. The summed E-state index contributed by atoms with van der Waals surface area (Å²) in [5, 5.41) is 39.8. The normalized spacial score (nSPS) is 35.5. The summed E-state index contributed by atoms with van der Waals surface area (Å²) in [6.45, 7) is 4.93. The molecule has 0 unspecified atom stereocenters. The van der Waals surface area contributed by atoms with Gasteiger partial charge in [-0.15, -0.1) is 0 Å². The number of ether oxygens (including phenoxy) is 1. The fraction of sp³-hybridized carbons (Fsp3) is 0.812. The molecule has 0 aromatic rings. The van der Waals surface area contributed by atoms with Crippen molar-refractivity contribution in [3.05, 3.63) is 12.2 Å². The molecule has 128 valence electrons. The van der Waals surface area contributed by atoms with Crippen LogP contribution in [0.15, 0.2) is 12.2 Å². The van der Waals surface area contributed by atoms with Crippen molar-refractivity contribution >= 4 is 5.97 Å². The number of aliphatic hydroxyl groups excluding tert-OH is 4. The number of hydrogen-bond donors (Lipinski definition) is 4. The summed E-state index contributed by atoms with van der Waals surface area (Å²) in [5.41, 5.74) is -1.29. The van der Waals surface area contributed by atoms with Gasteiger partial charge in [0.1, 0.15) is 6.10 Å². The van der Waals surface area contributed by atoms with Crippen molar-refractivity contribution in [2.24, 2.45) is 5.41 Å². The van der Waals surface area contributed by atoms with Crippen LogP contribution >= 0.6 is 0 Å². The number of carbonyl (C=O) groups is 1. The summed E-state index contributed by atoms with van der Waals surface area (Å²) in [5.74, 6) is -0.657. The van der Waals surface area contributed by atoms with Gasteiger partial charge in [0, 0.05) is 12.8 Å². The van der Waals surface area contributed by atoms with Crippen LogP contribution in [-0.2, 0) is 9.53 Å². The Morgan fingerprint density at radius 2 is 1.95 bits per heavy atom. The van der Waals surface area contributed by atoms with E-state index in [1.165, 1.54) is 26.0 Å². The molecule has 4 N–H and O–H groups in total. The first-order valence-electron chi connectivity index (χ1n) is 7.80. The van der Waals surface area contributed by atoms with Crippen molar-refractivity contribution in [3.63, 3.8) is 0 Å². The predicted molar refractivity (Wildman–Crippen MR) is 81.0 cm³/mol. The highest BCUT2D eigenvalue weighted by molar-refractivity contribution is 5.77. The molecule has 5 atom stereocenters. The van der Waals surface area contributed by atoms with Crippen LogP contribution in [0.5, 0.6) is 0 Å². The summed E-state index contributed by atoms with van der Waals surface area (Å²) >= 11 is 0. The van der Waals surface area contributed by atoms with Crippen molar-refractivity contribution in [1.29, 1.82) is 0 Å². The SMILES string of the molecule is CCC[C@@H](O)C[C@H]1C[C@H](O)/C=C/[C@H](O)[C@H](O)C(C)(C)C(=O)O1. The molecule has 0 radical (unpaired) electrons. The minimum atomic E-state index is -1.34. The van der Waals surface area contributed by atoms with Gasteiger partial charge in [-0.2, -0.15) is 0 Å². The van der Waals surface area contributed by atoms with Crippen molar-refractivity contribution in [1.82, 2.24) is 0 Å². The van der Waals surface area contributed by atoms with Gasteiger partial charge in [-0.25, -0.2) is 0 Å². The van der Waals surface area contributed by atoms with E-state index in [9.17, 15) is 25.2 Å². The summed E-state index contributed by atoms with van der Waals surface area (Å²) in [6.07, 6.45) is -0.350. The fourth-order valence-corrected chi connectivity index (χ4v) is 2.49. The van der Waals surface area contributed by atoms with Gasteiger partial charge in [0.15, 0.2) is 0 Å². The largest absolute Gasteiger partial charge is 0.462 e. The molecule has 0 saturated heterocycles. The summed E-state index contributed by atoms with van der Waals surface area (Å²) in [7, 11) is 0. The quantitative estimate of drug-likeness (QED) is 0.445. The van der Waals surface area contributed by atoms with E-state index in [0.717, 1.165) is 6.42 Å². The van der Waals surface area contributed by atoms with Gasteiger partial charge in [-0.1, -0.05) is 25.5 Å². The molecule has 0 aliphatic carbocycles. The Kier molecular flexibility index (Phi) is 6.99. The van der Waals surface area contributed by atoms with E-state index in [-0.39, 0.29) is 12.8 Å². The predicted octanol–water partition coefficient (Wildman–Crippen LogP) is 0.518. The second-order valence-corrected chi connectivity index (χ2v) is 6.55. The van der Waals surface area contributed by atoms with E-state index in [1.54, 1.807) is 0 Å². The summed E-state index contributed by atoms with van der Waals surface area (Å²) < 4.78 is 5.38. The zero-order valence-corrected chi connectivity index (χ0v) is 13.5. The standard InChI is InChI=1S/C16H28O6/c1-4-5-10(17)8-12-9-11(18)6-7-13(19)14(20)16(2,3)15(21)22-12/h6-7,10-14,17-20H,4-5,8-9H2,1-3H3/b7-6+/t10-,11-,12+,13+,14+/m1/s1. The van der Waals surface area contributed by atoms with Gasteiger partial charge in [-0.05, 0) is 20.3 Å². The molecule has 0 spiro atoms. The van der Waals surface area contributed by atoms with Crippen molar-refractivity contribution in [2.45, 2.75) is 77.0 Å². The van der Waals surface area contributed by atoms with E-state index in [1.807, 2.05) is 6.92 Å². The molecule has 0 fully saturated rings. The van der Waals surface area contributed by atoms with Crippen molar-refractivity contribution in [3.8, 4) is 0 Å². The first-order chi connectivity index (χ1) is 10.2. The van der Waals surface area contributed by atoms with Gasteiger partial charge in [0.25, 0.3) is 0 Å². The fourth-order valence-electron chi connectivity index (χ4n) is 2.49. The Balaban J connectivity index is 2.94. The molecule has 22 heavy (non-hydrogen) atoms. The highest BCUT2D eigenvalue weighted by atomic mass is 16.5. The van der Waals surface area contributed by atoms with Gasteiger partial charge in [-0.3, -0.25) is 4.79 Å². The third kappa shape index (κ3) is 5.05. The van der Waals surface area contributed by atoms with Crippen LogP contribution in [0.1, 0.15) is 46.5 Å². The molecule has 1 aliphatic heterocycles. The lowest BCUT2D eigenvalue weighted by Gasteiger charge is -2.34. The molecule has 6 heteroatoms. The Morgan fingerprint density at radius 1 is 1.32 bits per heavy atom. The summed E-state index contributed by atoms with van der Waals surface area (Å²) in [6, 6.07) is 0. The molecule has 0 aromatic carbocycles. The minimum Gasteiger partial charge on any atom is -0.462 e. The van der Waals surface area contributed by atoms with E-state index >= 15 is 0 Å². The average Bonchev–Trinajstić information content (AvgIpc) is 2.42. The zero-order chi connectivity index (χ0) is 16.9. The maximum atomic E-state index is 12.3. The number of hydrogen-bond acceptors (Lipinski definition) is 6. The van der Waals surface area contributed by atoms with Crippen molar-refractivity contribution in [2.75, 3.05) is 0 Å². The Labute approximate surface area is 131 Å². The number of rotatable bonds is 4. The molecule has 6 nitrogen and oxygen atoms in total. The Morgan fingerprint density at radius 3 is 2.55 bits per heavy atom. The van der Waals surface area contributed by atoms with Crippen LogP contribution in [0.3, 0.4) is 0 Å². The van der Waals surface area contributed by atoms with Crippen LogP contribution in [-0.4, -0.2) is 56.9 Å². The number of carbonyl (C=O) groups excluding carboxylic acids is 1. The van der Waals surface area contributed by atoms with Gasteiger partial charge < -0.3 is 25.2 Å². The van der Waals surface area contributed by atoms with Crippen LogP contribution in [0.4, 0.5) is 0 Å². The third-order valence-corrected chi connectivity index (χ3v) is 4.05. The lowest BCUT2D eigenvalue weighted by atomic mass is 9.82. The highest BCUT2D eigenvalue weighted by Crippen LogP contribution is 2.29. The first kappa shape index (κ1) is 19.1. The zero-order valence-electron chi connectivity index (χ0n) is 13.5. The second-order valence-electron chi connectivity index (χ2n) is 6.55. The lowest BCUT2D eigenvalue weighted by molar-refractivity contribution is -0.172. The summed E-state index contributed by atoms with van der Waals surface area (Å²) in [4.78, 5) is 12.3. The average molecular weight is 316 g/mol. The molecular formula is C16H28O6. The molecule has 1 rings (SSSR count). The Bertz CT molecular complexity index is 392. The van der Waals surface area contributed by atoms with Crippen LogP contribution < -0.4 is 0 Å². The molecular weight excluding hydrogens is 288 g/mol. The monoisotopic (exact) mass is 316 g/mol. The maximum Gasteiger partial charge on any atom is 0.314 e. The van der Waals surface area contributed by atoms with Crippen LogP contribution in [0.2, 0.25) is 0 Å². The minimum absolute atomic E-state index is 0.141.